The molecule has 1 aromatic heterocycles. The molecule has 2 aliphatic carbocycles. The molecule has 0 amide bonds. The Bertz CT molecular complexity index is 560. The standard InChI is InChI=1S/C20H31N3O/c1-23(19-18-17(5-12-22-19)6-15-24-18)14-13-21-11-4-16-2-7-20(8-3-16)9-10-20/h5,12,16,21H,2-4,6-11,13-15H2,1H3. The Balaban J connectivity index is 1.15. The summed E-state index contributed by atoms with van der Waals surface area (Å²) in [5, 5.41) is 3.63. The van der Waals surface area contributed by atoms with Crippen LogP contribution in [0.15, 0.2) is 12.3 Å². The number of rotatable bonds is 7. The number of ether oxygens (including phenoxy) is 1. The van der Waals surface area contributed by atoms with Gasteiger partial charge in [-0.1, -0.05) is 0 Å². The van der Waals surface area contributed by atoms with Crippen LogP contribution in [0.2, 0.25) is 0 Å². The lowest BCUT2D eigenvalue weighted by atomic mass is 9.78. The summed E-state index contributed by atoms with van der Waals surface area (Å²) >= 11 is 0. The van der Waals surface area contributed by atoms with Crippen LogP contribution < -0.4 is 15.0 Å². The molecule has 1 N–H and O–H groups in total. The number of aromatic nitrogens is 1. The normalized spacial score (nSPS) is 21.5. The minimum absolute atomic E-state index is 0.794. The number of nitrogens with one attached hydrogen (secondary N) is 1. The average molecular weight is 329 g/mol. The Morgan fingerprint density at radius 1 is 1.25 bits per heavy atom. The molecule has 2 heterocycles. The highest BCUT2D eigenvalue weighted by Gasteiger charge is 2.44. The monoisotopic (exact) mass is 329 g/mol. The van der Waals surface area contributed by atoms with E-state index in [2.05, 4.69) is 28.3 Å². The Morgan fingerprint density at radius 3 is 2.88 bits per heavy atom. The molecule has 1 aromatic rings. The third-order valence-electron chi connectivity index (χ3n) is 6.42. The number of hydrogen-bond acceptors (Lipinski definition) is 4. The van der Waals surface area contributed by atoms with Gasteiger partial charge in [-0.3, -0.25) is 0 Å². The zero-order valence-electron chi connectivity index (χ0n) is 15.0. The topological polar surface area (TPSA) is 37.4 Å². The third kappa shape index (κ3) is 3.53. The van der Waals surface area contributed by atoms with Crippen LogP contribution in [-0.4, -0.2) is 38.3 Å². The summed E-state index contributed by atoms with van der Waals surface area (Å²) in [6.45, 7) is 3.93. The van der Waals surface area contributed by atoms with E-state index in [1.165, 1.54) is 50.5 Å². The van der Waals surface area contributed by atoms with Crippen molar-refractivity contribution in [1.82, 2.24) is 10.3 Å². The summed E-state index contributed by atoms with van der Waals surface area (Å²) < 4.78 is 5.75. The van der Waals surface area contributed by atoms with Crippen LogP contribution in [0.25, 0.3) is 0 Å². The maximum absolute atomic E-state index is 5.75. The second kappa shape index (κ2) is 6.91. The van der Waals surface area contributed by atoms with Crippen LogP contribution in [0.5, 0.6) is 5.75 Å². The second-order valence-electron chi connectivity index (χ2n) is 8.12. The van der Waals surface area contributed by atoms with E-state index in [0.29, 0.717) is 0 Å². The maximum atomic E-state index is 5.75. The third-order valence-corrected chi connectivity index (χ3v) is 6.42. The van der Waals surface area contributed by atoms with Crippen LogP contribution in [0, 0.1) is 11.3 Å². The summed E-state index contributed by atoms with van der Waals surface area (Å²) in [7, 11) is 2.11. The molecule has 0 atom stereocenters. The molecule has 0 saturated heterocycles. The maximum Gasteiger partial charge on any atom is 0.171 e. The van der Waals surface area contributed by atoms with Crippen molar-refractivity contribution in [3.8, 4) is 5.75 Å². The number of anilines is 1. The predicted octanol–water partition coefficient (Wildman–Crippen LogP) is 3.40. The van der Waals surface area contributed by atoms with Gasteiger partial charge in [-0.05, 0) is 68.9 Å². The highest BCUT2D eigenvalue weighted by Crippen LogP contribution is 2.57. The zero-order valence-corrected chi connectivity index (χ0v) is 15.0. The molecule has 24 heavy (non-hydrogen) atoms. The second-order valence-corrected chi connectivity index (χ2v) is 8.12. The quantitative estimate of drug-likeness (QED) is 0.778. The highest BCUT2D eigenvalue weighted by atomic mass is 16.5. The molecule has 0 radical (unpaired) electrons. The number of fused-ring (bicyclic) bond motifs is 1. The average Bonchev–Trinajstić information content (AvgIpc) is 3.18. The molecule has 2 fully saturated rings. The minimum Gasteiger partial charge on any atom is -0.489 e. The van der Waals surface area contributed by atoms with Gasteiger partial charge in [-0.2, -0.15) is 0 Å². The van der Waals surface area contributed by atoms with E-state index < -0.39 is 0 Å². The Morgan fingerprint density at radius 2 is 2.08 bits per heavy atom. The van der Waals surface area contributed by atoms with Gasteiger partial charge >= 0.3 is 0 Å². The summed E-state index contributed by atoms with van der Waals surface area (Å²) in [4.78, 5) is 6.73. The molecular formula is C20H31N3O. The fourth-order valence-electron chi connectivity index (χ4n) is 4.40. The van der Waals surface area contributed by atoms with Crippen molar-refractivity contribution in [3.05, 3.63) is 17.8 Å². The number of hydrogen-bond donors (Lipinski definition) is 1. The summed E-state index contributed by atoms with van der Waals surface area (Å²) in [5.74, 6) is 2.96. The molecular weight excluding hydrogens is 298 g/mol. The lowest BCUT2D eigenvalue weighted by Gasteiger charge is -2.28. The fourth-order valence-corrected chi connectivity index (χ4v) is 4.40. The first-order valence-corrected chi connectivity index (χ1v) is 9.78. The van der Waals surface area contributed by atoms with Gasteiger partial charge in [0.2, 0.25) is 0 Å². The van der Waals surface area contributed by atoms with Gasteiger partial charge < -0.3 is 15.0 Å². The first kappa shape index (κ1) is 16.2. The largest absolute Gasteiger partial charge is 0.489 e. The first-order chi connectivity index (χ1) is 11.8. The Labute approximate surface area is 146 Å². The van der Waals surface area contributed by atoms with Gasteiger partial charge in [-0.25, -0.2) is 4.98 Å². The smallest absolute Gasteiger partial charge is 0.171 e. The van der Waals surface area contributed by atoms with Gasteiger partial charge in [0.25, 0.3) is 0 Å². The van der Waals surface area contributed by atoms with Crippen LogP contribution in [0.4, 0.5) is 5.82 Å². The predicted molar refractivity (Wildman–Crippen MR) is 97.8 cm³/mol. The van der Waals surface area contributed by atoms with E-state index >= 15 is 0 Å². The van der Waals surface area contributed by atoms with Crippen LogP contribution in [0.1, 0.15) is 50.5 Å². The number of nitrogens with zero attached hydrogens (tertiary/aromatic N) is 2. The molecule has 2 saturated carbocycles. The summed E-state index contributed by atoms with van der Waals surface area (Å²) in [6, 6.07) is 2.08. The summed E-state index contributed by atoms with van der Waals surface area (Å²) in [5.41, 5.74) is 2.13. The lowest BCUT2D eigenvalue weighted by Crippen LogP contribution is -2.31. The molecule has 1 spiro atoms. The van der Waals surface area contributed by atoms with Crippen molar-refractivity contribution >= 4 is 5.82 Å². The fraction of sp³-hybridized carbons (Fsp3) is 0.750. The van der Waals surface area contributed by atoms with E-state index in [1.807, 2.05) is 6.20 Å². The number of likely N-dealkylation sites (N-methyl/N-ethyl adjacent to an activating group) is 1. The van der Waals surface area contributed by atoms with Crippen molar-refractivity contribution in [1.29, 1.82) is 0 Å². The van der Waals surface area contributed by atoms with E-state index in [9.17, 15) is 0 Å². The molecule has 4 rings (SSSR count). The van der Waals surface area contributed by atoms with Gasteiger partial charge in [0.1, 0.15) is 0 Å². The lowest BCUT2D eigenvalue weighted by molar-refractivity contribution is 0.245. The molecule has 0 bridgehead atoms. The van der Waals surface area contributed by atoms with Crippen molar-refractivity contribution in [3.63, 3.8) is 0 Å². The van der Waals surface area contributed by atoms with Crippen molar-refractivity contribution < 1.29 is 4.74 Å². The molecule has 132 valence electrons. The van der Waals surface area contributed by atoms with Crippen molar-refractivity contribution in [2.45, 2.75) is 51.4 Å². The van der Waals surface area contributed by atoms with Gasteiger partial charge in [0, 0.05) is 38.3 Å². The molecule has 4 nitrogen and oxygen atoms in total. The van der Waals surface area contributed by atoms with Gasteiger partial charge in [0.05, 0.1) is 6.61 Å². The number of pyridine rings is 1. The molecule has 0 unspecified atom stereocenters. The molecule has 1 aliphatic heterocycles. The van der Waals surface area contributed by atoms with Crippen LogP contribution >= 0.6 is 0 Å². The van der Waals surface area contributed by atoms with Crippen LogP contribution in [0.3, 0.4) is 0 Å². The van der Waals surface area contributed by atoms with E-state index in [4.69, 9.17) is 4.74 Å². The SMILES string of the molecule is CN(CCNCCC1CCC2(CC1)CC2)c1nccc2c1OCC2. The van der Waals surface area contributed by atoms with Crippen molar-refractivity contribution in [2.24, 2.45) is 11.3 Å². The first-order valence-electron chi connectivity index (χ1n) is 9.78. The molecule has 0 aromatic carbocycles. The van der Waals surface area contributed by atoms with Gasteiger partial charge in [0.15, 0.2) is 11.6 Å². The minimum atomic E-state index is 0.794. The Hall–Kier alpha value is -1.29. The van der Waals surface area contributed by atoms with E-state index in [-0.39, 0.29) is 0 Å². The van der Waals surface area contributed by atoms with E-state index in [0.717, 1.165) is 55.6 Å². The zero-order chi connectivity index (χ0) is 16.4. The summed E-state index contributed by atoms with van der Waals surface area (Å²) in [6.07, 6.45) is 13.3. The van der Waals surface area contributed by atoms with Crippen molar-refractivity contribution in [2.75, 3.05) is 38.2 Å². The highest BCUT2D eigenvalue weighted by molar-refractivity contribution is 5.57. The van der Waals surface area contributed by atoms with E-state index in [1.54, 1.807) is 0 Å². The molecule has 3 aliphatic rings. The van der Waals surface area contributed by atoms with Crippen LogP contribution in [-0.2, 0) is 6.42 Å². The Kier molecular flexibility index (Phi) is 4.66. The molecule has 4 heteroatoms. The van der Waals surface area contributed by atoms with Gasteiger partial charge in [-0.15, -0.1) is 0 Å².